The summed E-state index contributed by atoms with van der Waals surface area (Å²) in [6, 6.07) is 15.4. The largest absolute Gasteiger partial charge is 0.497 e. The second kappa shape index (κ2) is 11.0. The summed E-state index contributed by atoms with van der Waals surface area (Å²) in [6.45, 7) is 11.8. The van der Waals surface area contributed by atoms with Crippen LogP contribution >= 0.6 is 11.6 Å². The van der Waals surface area contributed by atoms with E-state index in [-0.39, 0.29) is 0 Å². The number of methoxy groups -OCH3 is 1. The second-order valence-electron chi connectivity index (χ2n) is 9.92. The number of nitrogens with zero attached hydrogens (tertiary/aromatic N) is 3. The Morgan fingerprint density at radius 1 is 1.18 bits per heavy atom. The summed E-state index contributed by atoms with van der Waals surface area (Å²) in [4.78, 5) is 7.51. The molecular formula is C29H38ClN3O. The van der Waals surface area contributed by atoms with E-state index in [1.165, 1.54) is 22.3 Å². The van der Waals surface area contributed by atoms with Gasteiger partial charge in [0.2, 0.25) is 0 Å². The summed E-state index contributed by atoms with van der Waals surface area (Å²) in [7, 11) is 1.74. The average Bonchev–Trinajstić information content (AvgIpc) is 3.13. The molecule has 0 radical (unpaired) electrons. The van der Waals surface area contributed by atoms with E-state index in [2.05, 4.69) is 79.6 Å². The van der Waals surface area contributed by atoms with Crippen LogP contribution in [0.15, 0.2) is 42.5 Å². The second-order valence-corrected chi connectivity index (χ2v) is 10.3. The van der Waals surface area contributed by atoms with Gasteiger partial charge in [-0.05, 0) is 60.9 Å². The number of hydrogen-bond acceptors (Lipinski definition) is 3. The molecule has 4 nitrogen and oxygen atoms in total. The molecule has 3 aromatic rings. The molecule has 4 rings (SSSR count). The van der Waals surface area contributed by atoms with Gasteiger partial charge >= 0.3 is 0 Å². The molecule has 0 saturated carbocycles. The van der Waals surface area contributed by atoms with Crippen molar-refractivity contribution in [3.63, 3.8) is 0 Å². The maximum absolute atomic E-state index is 6.87. The van der Waals surface area contributed by atoms with Gasteiger partial charge in [0.05, 0.1) is 12.8 Å². The van der Waals surface area contributed by atoms with Crippen molar-refractivity contribution in [2.24, 2.45) is 5.92 Å². The number of benzene rings is 2. The highest BCUT2D eigenvalue weighted by atomic mass is 35.5. The van der Waals surface area contributed by atoms with Gasteiger partial charge in [-0.15, -0.1) is 0 Å². The Morgan fingerprint density at radius 2 is 1.97 bits per heavy atom. The summed E-state index contributed by atoms with van der Waals surface area (Å²) in [6.07, 6.45) is 4.38. The number of halogens is 1. The number of rotatable bonds is 9. The highest BCUT2D eigenvalue weighted by molar-refractivity contribution is 6.30. The van der Waals surface area contributed by atoms with Gasteiger partial charge in [0.25, 0.3) is 0 Å². The molecule has 1 atom stereocenters. The zero-order valence-corrected chi connectivity index (χ0v) is 22.0. The van der Waals surface area contributed by atoms with E-state index >= 15 is 0 Å². The van der Waals surface area contributed by atoms with Crippen LogP contribution in [0, 0.1) is 12.8 Å². The predicted molar refractivity (Wildman–Crippen MR) is 142 cm³/mol. The summed E-state index contributed by atoms with van der Waals surface area (Å²) < 4.78 is 7.88. The van der Waals surface area contributed by atoms with E-state index in [9.17, 15) is 0 Å². The quantitative estimate of drug-likeness (QED) is 0.319. The number of ether oxygens (including phenoxy) is 1. The minimum absolute atomic E-state index is 0.363. The van der Waals surface area contributed by atoms with Gasteiger partial charge in [-0.3, -0.25) is 4.90 Å². The van der Waals surface area contributed by atoms with Gasteiger partial charge in [-0.1, -0.05) is 69.1 Å². The van der Waals surface area contributed by atoms with Gasteiger partial charge in [0, 0.05) is 31.2 Å². The van der Waals surface area contributed by atoms with Gasteiger partial charge in [0.15, 0.2) is 5.15 Å². The minimum atomic E-state index is 0.363. The molecular weight excluding hydrogens is 442 g/mol. The Hall–Kier alpha value is -2.30. The molecule has 2 heterocycles. The van der Waals surface area contributed by atoms with Gasteiger partial charge in [-0.25, -0.2) is 4.98 Å². The van der Waals surface area contributed by atoms with Gasteiger partial charge < -0.3 is 9.30 Å². The Balaban J connectivity index is 1.72. The molecule has 5 heteroatoms. The molecule has 0 spiro atoms. The van der Waals surface area contributed by atoms with Gasteiger partial charge in [-0.2, -0.15) is 0 Å². The van der Waals surface area contributed by atoms with Crippen LogP contribution in [0.2, 0.25) is 5.15 Å². The maximum atomic E-state index is 6.87. The first kappa shape index (κ1) is 24.8. The van der Waals surface area contributed by atoms with E-state index in [0.717, 1.165) is 62.6 Å². The smallest absolute Gasteiger partial charge is 0.152 e. The molecule has 34 heavy (non-hydrogen) atoms. The Labute approximate surface area is 209 Å². The molecule has 0 fully saturated rings. The van der Waals surface area contributed by atoms with E-state index in [0.29, 0.717) is 17.1 Å². The topological polar surface area (TPSA) is 30.3 Å². The fourth-order valence-electron chi connectivity index (χ4n) is 5.17. The number of imidazole rings is 1. The maximum Gasteiger partial charge on any atom is 0.152 e. The molecule has 182 valence electrons. The lowest BCUT2D eigenvalue weighted by atomic mass is 9.87. The molecule has 0 N–H and O–H groups in total. The molecule has 2 aromatic carbocycles. The van der Waals surface area contributed by atoms with Crippen LogP contribution in [-0.2, 0) is 19.5 Å². The predicted octanol–water partition coefficient (Wildman–Crippen LogP) is 7.47. The third-order valence-corrected chi connectivity index (χ3v) is 7.31. The minimum Gasteiger partial charge on any atom is -0.497 e. The summed E-state index contributed by atoms with van der Waals surface area (Å²) >= 11 is 6.87. The van der Waals surface area contributed by atoms with E-state index in [1.807, 2.05) is 0 Å². The fourth-order valence-corrected chi connectivity index (χ4v) is 5.41. The number of unbranched alkanes of at least 4 members (excludes halogenated alkanes) is 1. The van der Waals surface area contributed by atoms with Crippen LogP contribution in [0.5, 0.6) is 5.75 Å². The van der Waals surface area contributed by atoms with E-state index in [4.69, 9.17) is 21.3 Å². The summed E-state index contributed by atoms with van der Waals surface area (Å²) in [5.74, 6) is 2.54. The SMILES string of the molecule is CCCCn1c(-c2ccccc2C)nc(Cl)c1CN1CCc2cc(OC)ccc2C1CC(C)C. The monoisotopic (exact) mass is 479 g/mol. The highest BCUT2D eigenvalue weighted by Crippen LogP contribution is 2.38. The molecule has 1 unspecified atom stereocenters. The van der Waals surface area contributed by atoms with E-state index in [1.54, 1.807) is 7.11 Å². The van der Waals surface area contributed by atoms with Crippen molar-refractivity contribution >= 4 is 11.6 Å². The molecule has 1 aromatic heterocycles. The van der Waals surface area contributed by atoms with Crippen molar-refractivity contribution in [1.29, 1.82) is 0 Å². The first-order valence-corrected chi connectivity index (χ1v) is 13.0. The fraction of sp³-hybridized carbons (Fsp3) is 0.483. The molecule has 1 aliphatic rings. The summed E-state index contributed by atoms with van der Waals surface area (Å²) in [5, 5.41) is 0.637. The van der Waals surface area contributed by atoms with Crippen LogP contribution in [0.1, 0.15) is 68.5 Å². The van der Waals surface area contributed by atoms with Crippen LogP contribution in [0.4, 0.5) is 0 Å². The molecule has 1 aliphatic heterocycles. The van der Waals surface area contributed by atoms with Crippen LogP contribution < -0.4 is 4.74 Å². The Bertz CT molecular complexity index is 1120. The molecule has 0 saturated heterocycles. The lowest BCUT2D eigenvalue weighted by molar-refractivity contribution is 0.150. The Morgan fingerprint density at radius 3 is 2.68 bits per heavy atom. The third-order valence-electron chi connectivity index (χ3n) is 7.01. The Kier molecular flexibility index (Phi) is 8.00. The first-order chi connectivity index (χ1) is 16.4. The third kappa shape index (κ3) is 5.18. The van der Waals surface area contributed by atoms with E-state index < -0.39 is 0 Å². The van der Waals surface area contributed by atoms with Crippen LogP contribution in [-0.4, -0.2) is 28.1 Å². The van der Waals surface area contributed by atoms with Crippen LogP contribution in [0.3, 0.4) is 0 Å². The lowest BCUT2D eigenvalue weighted by Gasteiger charge is -2.38. The molecule has 0 aliphatic carbocycles. The number of fused-ring (bicyclic) bond motifs is 1. The lowest BCUT2D eigenvalue weighted by Crippen LogP contribution is -2.36. The number of hydrogen-bond donors (Lipinski definition) is 0. The van der Waals surface area contributed by atoms with Crippen LogP contribution in [0.25, 0.3) is 11.4 Å². The molecule has 0 bridgehead atoms. The van der Waals surface area contributed by atoms with Crippen molar-refractivity contribution in [1.82, 2.24) is 14.5 Å². The van der Waals surface area contributed by atoms with Crippen molar-refractivity contribution in [3.8, 4) is 17.1 Å². The van der Waals surface area contributed by atoms with Gasteiger partial charge in [0.1, 0.15) is 11.6 Å². The molecule has 0 amide bonds. The zero-order valence-electron chi connectivity index (χ0n) is 21.3. The van der Waals surface area contributed by atoms with Crippen molar-refractivity contribution in [2.45, 2.75) is 72.5 Å². The van der Waals surface area contributed by atoms with Crippen molar-refractivity contribution < 1.29 is 4.74 Å². The first-order valence-electron chi connectivity index (χ1n) is 12.6. The average molecular weight is 480 g/mol. The number of aromatic nitrogens is 2. The highest BCUT2D eigenvalue weighted by Gasteiger charge is 2.30. The van der Waals surface area contributed by atoms with Crippen molar-refractivity contribution in [2.75, 3.05) is 13.7 Å². The normalized spacial score (nSPS) is 16.1. The number of aryl methyl sites for hydroxylation is 1. The standard InChI is InChI=1S/C29H38ClN3O/c1-6-7-15-33-27(28(30)31-29(33)24-11-9-8-10-21(24)4)19-32-16-14-22-18-23(34-5)12-13-25(22)26(32)17-20(2)3/h8-13,18,20,26H,6-7,14-17,19H2,1-5H3. The zero-order chi connectivity index (χ0) is 24.2. The summed E-state index contributed by atoms with van der Waals surface area (Å²) in [5.41, 5.74) is 6.37. The van der Waals surface area contributed by atoms with Crippen molar-refractivity contribution in [3.05, 3.63) is 70.0 Å².